The molecule has 1 saturated heterocycles. The number of hydrogen-bond acceptors (Lipinski definition) is 6. The maximum absolute atomic E-state index is 13.4. The first-order valence-electron chi connectivity index (χ1n) is 11.3. The summed E-state index contributed by atoms with van der Waals surface area (Å²) in [6, 6.07) is 8.08. The largest absolute Gasteiger partial charge is 0.489 e. The van der Waals surface area contributed by atoms with Gasteiger partial charge in [0.2, 0.25) is 5.95 Å². The molecule has 1 unspecified atom stereocenters. The van der Waals surface area contributed by atoms with Crippen molar-refractivity contribution in [3.05, 3.63) is 48.5 Å². The van der Waals surface area contributed by atoms with Gasteiger partial charge in [-0.25, -0.2) is 14.4 Å². The van der Waals surface area contributed by atoms with Crippen LogP contribution < -0.4 is 20.3 Å². The summed E-state index contributed by atoms with van der Waals surface area (Å²) < 4.78 is 19.2. The Bertz CT molecular complexity index is 828. The highest BCUT2D eigenvalue weighted by molar-refractivity contribution is 5.79. The molecule has 1 aromatic carbocycles. The summed E-state index contributed by atoms with van der Waals surface area (Å²) in [5.41, 5.74) is 0. The van der Waals surface area contributed by atoms with Crippen LogP contribution in [0, 0.1) is 5.82 Å². The third kappa shape index (κ3) is 7.64. The summed E-state index contributed by atoms with van der Waals surface area (Å²) in [5.74, 6) is 1.81. The minimum absolute atomic E-state index is 0.0692. The van der Waals surface area contributed by atoms with E-state index in [-0.39, 0.29) is 11.9 Å². The van der Waals surface area contributed by atoms with Crippen LogP contribution in [0.25, 0.3) is 0 Å². The van der Waals surface area contributed by atoms with Gasteiger partial charge in [0.05, 0.1) is 6.54 Å². The summed E-state index contributed by atoms with van der Waals surface area (Å²) in [4.78, 5) is 17.7. The zero-order chi connectivity index (χ0) is 22.6. The van der Waals surface area contributed by atoms with Crippen LogP contribution in [0.3, 0.4) is 0 Å². The number of aromatic nitrogens is 2. The molecule has 1 aromatic heterocycles. The van der Waals surface area contributed by atoms with E-state index < -0.39 is 0 Å². The normalized spacial score (nSPS) is 16.0. The number of piperazine rings is 1. The lowest BCUT2D eigenvalue weighted by Crippen LogP contribution is -2.48. The SMILES string of the molecule is CCC(CNC(=NC)NCCCN1CCN(c2ncccn2)CC1)Oc1cccc(F)c1. The molecule has 0 bridgehead atoms. The Labute approximate surface area is 189 Å². The highest BCUT2D eigenvalue weighted by atomic mass is 19.1. The van der Waals surface area contributed by atoms with E-state index in [9.17, 15) is 4.39 Å². The van der Waals surface area contributed by atoms with Crippen molar-refractivity contribution in [2.45, 2.75) is 25.9 Å². The number of nitrogens with zero attached hydrogens (tertiary/aromatic N) is 5. The number of rotatable bonds is 10. The molecule has 174 valence electrons. The molecule has 1 aliphatic rings. The number of nitrogens with one attached hydrogen (secondary N) is 2. The van der Waals surface area contributed by atoms with Gasteiger partial charge in [-0.15, -0.1) is 0 Å². The van der Waals surface area contributed by atoms with Crippen LogP contribution in [0.2, 0.25) is 0 Å². The molecule has 1 atom stereocenters. The molecule has 0 spiro atoms. The van der Waals surface area contributed by atoms with Gasteiger partial charge >= 0.3 is 0 Å². The average Bonchev–Trinajstić information content (AvgIpc) is 2.83. The second-order valence-corrected chi connectivity index (χ2v) is 7.72. The molecule has 0 radical (unpaired) electrons. The third-order valence-electron chi connectivity index (χ3n) is 5.43. The molecule has 2 N–H and O–H groups in total. The molecular formula is C23H34FN7O. The van der Waals surface area contributed by atoms with Gasteiger partial charge in [0.15, 0.2) is 5.96 Å². The molecule has 9 heteroatoms. The van der Waals surface area contributed by atoms with E-state index in [1.807, 2.05) is 13.0 Å². The van der Waals surface area contributed by atoms with Gasteiger partial charge in [-0.05, 0) is 37.6 Å². The first-order chi connectivity index (χ1) is 15.7. The molecule has 2 aromatic rings. The lowest BCUT2D eigenvalue weighted by atomic mass is 10.2. The van der Waals surface area contributed by atoms with Crippen molar-refractivity contribution in [3.8, 4) is 5.75 Å². The highest BCUT2D eigenvalue weighted by Gasteiger charge is 2.18. The van der Waals surface area contributed by atoms with Gasteiger partial charge in [-0.2, -0.15) is 0 Å². The first-order valence-corrected chi connectivity index (χ1v) is 11.3. The van der Waals surface area contributed by atoms with Crippen LogP contribution in [0.5, 0.6) is 5.75 Å². The van der Waals surface area contributed by atoms with E-state index in [0.29, 0.717) is 12.3 Å². The molecular weight excluding hydrogens is 409 g/mol. The van der Waals surface area contributed by atoms with Crippen molar-refractivity contribution in [2.24, 2.45) is 4.99 Å². The number of guanidine groups is 1. The molecule has 0 aliphatic carbocycles. The predicted molar refractivity (Wildman–Crippen MR) is 126 cm³/mol. The van der Waals surface area contributed by atoms with Crippen LogP contribution in [0.1, 0.15) is 19.8 Å². The topological polar surface area (TPSA) is 77.9 Å². The number of benzene rings is 1. The maximum Gasteiger partial charge on any atom is 0.225 e. The molecule has 1 fully saturated rings. The number of hydrogen-bond donors (Lipinski definition) is 2. The standard InChI is InChI=1S/C23H34FN7O/c1-3-20(32-21-8-4-7-19(24)17-21)18-29-22(25-2)26-11-6-12-30-13-15-31(16-14-30)23-27-9-5-10-28-23/h4-5,7-10,17,20H,3,6,11-16,18H2,1-2H3,(H2,25,26,29). The van der Waals surface area contributed by atoms with E-state index in [1.54, 1.807) is 31.6 Å². The van der Waals surface area contributed by atoms with Crippen molar-refractivity contribution in [2.75, 3.05) is 57.8 Å². The number of anilines is 1. The Kier molecular flexibility index (Phi) is 9.49. The highest BCUT2D eigenvalue weighted by Crippen LogP contribution is 2.14. The van der Waals surface area contributed by atoms with Gasteiger partial charge < -0.3 is 20.3 Å². The summed E-state index contributed by atoms with van der Waals surface area (Å²) in [6.07, 6.45) is 5.34. The van der Waals surface area contributed by atoms with Gasteiger partial charge in [0, 0.05) is 58.2 Å². The molecule has 1 aliphatic heterocycles. The van der Waals surface area contributed by atoms with Crippen LogP contribution in [0.4, 0.5) is 10.3 Å². The Morgan fingerprint density at radius 3 is 2.62 bits per heavy atom. The Hall–Kier alpha value is -2.94. The minimum atomic E-state index is -0.294. The summed E-state index contributed by atoms with van der Waals surface area (Å²) in [7, 11) is 1.76. The second kappa shape index (κ2) is 12.8. The van der Waals surface area contributed by atoms with Gasteiger partial charge in [-0.1, -0.05) is 13.0 Å². The Morgan fingerprint density at radius 1 is 1.16 bits per heavy atom. The van der Waals surface area contributed by atoms with Crippen LogP contribution in [0.15, 0.2) is 47.7 Å². The zero-order valence-corrected chi connectivity index (χ0v) is 19.0. The lowest BCUT2D eigenvalue weighted by Gasteiger charge is -2.34. The fourth-order valence-electron chi connectivity index (χ4n) is 3.57. The zero-order valence-electron chi connectivity index (χ0n) is 19.0. The Morgan fingerprint density at radius 2 is 1.94 bits per heavy atom. The van der Waals surface area contributed by atoms with Gasteiger partial charge in [0.25, 0.3) is 0 Å². The average molecular weight is 444 g/mol. The summed E-state index contributed by atoms with van der Waals surface area (Å²) in [6.45, 7) is 8.44. The van der Waals surface area contributed by atoms with Crippen molar-refractivity contribution in [3.63, 3.8) is 0 Å². The van der Waals surface area contributed by atoms with E-state index in [1.165, 1.54) is 12.1 Å². The van der Waals surface area contributed by atoms with Crippen molar-refractivity contribution < 1.29 is 9.13 Å². The van der Waals surface area contributed by atoms with E-state index in [4.69, 9.17) is 4.74 Å². The van der Waals surface area contributed by atoms with E-state index in [2.05, 4.69) is 35.4 Å². The molecule has 0 saturated carbocycles. The molecule has 0 amide bonds. The Balaban J connectivity index is 1.31. The maximum atomic E-state index is 13.4. The molecule has 2 heterocycles. The smallest absolute Gasteiger partial charge is 0.225 e. The van der Waals surface area contributed by atoms with Crippen LogP contribution in [-0.2, 0) is 0 Å². The summed E-state index contributed by atoms with van der Waals surface area (Å²) in [5, 5.41) is 6.67. The molecule has 32 heavy (non-hydrogen) atoms. The fraction of sp³-hybridized carbons (Fsp3) is 0.522. The monoisotopic (exact) mass is 443 g/mol. The van der Waals surface area contributed by atoms with E-state index >= 15 is 0 Å². The number of halogens is 1. The second-order valence-electron chi connectivity index (χ2n) is 7.72. The van der Waals surface area contributed by atoms with Crippen LogP contribution >= 0.6 is 0 Å². The lowest BCUT2D eigenvalue weighted by molar-refractivity contribution is 0.198. The predicted octanol–water partition coefficient (Wildman–Crippen LogP) is 2.15. The van der Waals surface area contributed by atoms with Crippen molar-refractivity contribution >= 4 is 11.9 Å². The minimum Gasteiger partial charge on any atom is -0.489 e. The van der Waals surface area contributed by atoms with Gasteiger partial charge in [-0.3, -0.25) is 9.89 Å². The number of ether oxygens (including phenoxy) is 1. The van der Waals surface area contributed by atoms with Gasteiger partial charge in [0.1, 0.15) is 17.7 Å². The molecule has 8 nitrogen and oxygen atoms in total. The van der Waals surface area contributed by atoms with Crippen molar-refractivity contribution in [1.29, 1.82) is 0 Å². The quantitative estimate of drug-likeness (QED) is 0.331. The van der Waals surface area contributed by atoms with E-state index in [0.717, 1.165) is 64.0 Å². The molecule has 3 rings (SSSR count). The summed E-state index contributed by atoms with van der Waals surface area (Å²) >= 11 is 0. The first kappa shape index (κ1) is 23.7. The third-order valence-corrected chi connectivity index (χ3v) is 5.43. The van der Waals surface area contributed by atoms with Crippen LogP contribution in [-0.4, -0.2) is 79.8 Å². The number of aliphatic imine (C=N–C) groups is 1. The van der Waals surface area contributed by atoms with Crippen molar-refractivity contribution in [1.82, 2.24) is 25.5 Å². The fourth-order valence-corrected chi connectivity index (χ4v) is 3.57.